The zero-order valence-electron chi connectivity index (χ0n) is 38.2. The van der Waals surface area contributed by atoms with E-state index in [1.54, 1.807) is 0 Å². The number of ether oxygens (including phenoxy) is 1. The van der Waals surface area contributed by atoms with Crippen LogP contribution in [0.1, 0.15) is 233 Å². The van der Waals surface area contributed by atoms with Crippen molar-refractivity contribution in [2.45, 2.75) is 251 Å². The van der Waals surface area contributed by atoms with E-state index in [-0.39, 0.29) is 24.9 Å². The maximum atomic E-state index is 13.1. The van der Waals surface area contributed by atoms with Gasteiger partial charge in [0, 0.05) is 6.42 Å². The monoisotopic (exact) mass is 812 g/mol. The fraction of sp³-hybridized carbons (Fsp3) is 0.769. The maximum absolute atomic E-state index is 13.1. The highest BCUT2D eigenvalue weighted by Crippen LogP contribution is 2.17. The normalized spacial score (nSPS) is 13.8. The fourth-order valence-corrected chi connectivity index (χ4v) is 7.06. The maximum Gasteiger partial charge on any atom is 0.306 e. The lowest BCUT2D eigenvalue weighted by molar-refractivity contribution is -0.151. The molecule has 0 aliphatic rings. The van der Waals surface area contributed by atoms with Crippen LogP contribution in [0.5, 0.6) is 0 Å². The van der Waals surface area contributed by atoms with Gasteiger partial charge >= 0.3 is 5.97 Å². The summed E-state index contributed by atoms with van der Waals surface area (Å²) in [6, 6.07) is -0.712. The average molecular weight is 812 g/mol. The first kappa shape index (κ1) is 55.6. The lowest BCUT2D eigenvalue weighted by Crippen LogP contribution is -2.46. The van der Waals surface area contributed by atoms with Crippen molar-refractivity contribution in [1.82, 2.24) is 5.32 Å². The first-order valence-electron chi connectivity index (χ1n) is 24.5. The van der Waals surface area contributed by atoms with E-state index in [1.807, 2.05) is 0 Å². The quantitative estimate of drug-likeness (QED) is 0.0324. The van der Waals surface area contributed by atoms with Crippen LogP contribution in [0.2, 0.25) is 0 Å². The van der Waals surface area contributed by atoms with Crippen molar-refractivity contribution in [2.75, 3.05) is 6.61 Å². The van der Waals surface area contributed by atoms with E-state index in [0.717, 1.165) is 103 Å². The van der Waals surface area contributed by atoms with Gasteiger partial charge in [0.2, 0.25) is 5.91 Å². The summed E-state index contributed by atoms with van der Waals surface area (Å²) in [6.07, 6.45) is 55.7. The van der Waals surface area contributed by atoms with Gasteiger partial charge in [-0.05, 0) is 89.9 Å². The Morgan fingerprint density at radius 3 is 1.45 bits per heavy atom. The Kier molecular flexibility index (Phi) is 43.7. The van der Waals surface area contributed by atoms with Crippen LogP contribution in [-0.2, 0) is 14.3 Å². The molecule has 0 heterocycles. The lowest BCUT2D eigenvalue weighted by atomic mass is 10.0. The van der Waals surface area contributed by atoms with E-state index in [0.29, 0.717) is 19.3 Å². The molecule has 3 atom stereocenters. The highest BCUT2D eigenvalue weighted by atomic mass is 16.5. The third-order valence-electron chi connectivity index (χ3n) is 10.8. The molecule has 6 heteroatoms. The lowest BCUT2D eigenvalue weighted by Gasteiger charge is -2.24. The molecule has 336 valence electrons. The van der Waals surface area contributed by atoms with Crippen LogP contribution in [0.15, 0.2) is 60.8 Å². The molecule has 0 aromatic heterocycles. The molecule has 0 saturated carbocycles. The Hall–Kier alpha value is -2.44. The molecule has 6 nitrogen and oxygen atoms in total. The number of aliphatic hydroxyl groups is 2. The van der Waals surface area contributed by atoms with Gasteiger partial charge in [0.1, 0.15) is 6.10 Å². The molecular formula is C52H93NO5. The number of unbranched alkanes of at least 4 members (excludes halogenated alkanes) is 21. The van der Waals surface area contributed by atoms with Crippen molar-refractivity contribution < 1.29 is 24.5 Å². The van der Waals surface area contributed by atoms with Crippen LogP contribution in [0.3, 0.4) is 0 Å². The summed E-state index contributed by atoms with van der Waals surface area (Å²) < 4.78 is 5.87. The Morgan fingerprint density at radius 2 is 0.914 bits per heavy atom. The number of carbonyl (C=O) groups is 2. The van der Waals surface area contributed by atoms with E-state index in [9.17, 15) is 19.8 Å². The minimum Gasteiger partial charge on any atom is -0.462 e. The van der Waals surface area contributed by atoms with Crippen molar-refractivity contribution in [3.8, 4) is 0 Å². The molecule has 58 heavy (non-hydrogen) atoms. The number of carbonyl (C=O) groups excluding carboxylic acids is 2. The summed E-state index contributed by atoms with van der Waals surface area (Å²) in [5, 5.41) is 23.6. The van der Waals surface area contributed by atoms with Gasteiger partial charge in [-0.2, -0.15) is 0 Å². The Morgan fingerprint density at radius 1 is 0.500 bits per heavy atom. The van der Waals surface area contributed by atoms with Crippen LogP contribution < -0.4 is 5.32 Å². The molecule has 3 unspecified atom stereocenters. The third kappa shape index (κ3) is 40.3. The van der Waals surface area contributed by atoms with Gasteiger partial charge in [-0.1, -0.05) is 191 Å². The highest BCUT2D eigenvalue weighted by Gasteiger charge is 2.24. The van der Waals surface area contributed by atoms with E-state index in [1.165, 1.54) is 83.5 Å². The highest BCUT2D eigenvalue weighted by molar-refractivity contribution is 5.77. The summed E-state index contributed by atoms with van der Waals surface area (Å²) in [7, 11) is 0. The Balaban J connectivity index is 4.50. The van der Waals surface area contributed by atoms with Gasteiger partial charge in [-0.3, -0.25) is 9.59 Å². The number of rotatable bonds is 43. The van der Waals surface area contributed by atoms with Gasteiger partial charge < -0.3 is 20.3 Å². The van der Waals surface area contributed by atoms with Gasteiger partial charge in [0.15, 0.2) is 0 Å². The Bertz CT molecular complexity index is 1050. The number of nitrogens with one attached hydrogen (secondary N) is 1. The standard InChI is InChI=1S/C52H93NO5/c1-4-7-10-13-16-19-21-23-24-25-26-27-28-29-31-33-36-39-42-45-52(57)58-48(43-40-37-34-18-15-12-9-6-3)46-51(56)53-49(47-54)50(55)44-41-38-35-32-30-22-20-17-14-11-8-5-2/h12,15-16,19,23-24,26-27,29,31,48-50,54-55H,4-11,13-14,17-18,20-22,25,28,30,32-47H2,1-3H3,(H,53,56)/b15-12-,19-16-,24-23-,27-26-,31-29-. The first-order chi connectivity index (χ1) is 28.5. The molecule has 3 N–H and O–H groups in total. The second kappa shape index (κ2) is 45.6. The molecule has 0 rings (SSSR count). The zero-order chi connectivity index (χ0) is 42.4. The summed E-state index contributed by atoms with van der Waals surface area (Å²) >= 11 is 0. The van der Waals surface area contributed by atoms with E-state index < -0.39 is 18.2 Å². The minimum atomic E-state index is -0.796. The molecule has 1 amide bonds. The molecule has 0 spiro atoms. The Labute approximate surface area is 358 Å². The molecule has 0 aromatic rings. The molecule has 0 aliphatic carbocycles. The zero-order valence-corrected chi connectivity index (χ0v) is 38.2. The van der Waals surface area contributed by atoms with Crippen molar-refractivity contribution in [3.63, 3.8) is 0 Å². The van der Waals surface area contributed by atoms with Crippen LogP contribution >= 0.6 is 0 Å². The number of hydrogen-bond acceptors (Lipinski definition) is 5. The molecule has 0 aromatic carbocycles. The topological polar surface area (TPSA) is 95.9 Å². The number of esters is 1. The largest absolute Gasteiger partial charge is 0.462 e. The van der Waals surface area contributed by atoms with E-state index in [4.69, 9.17) is 4.74 Å². The van der Waals surface area contributed by atoms with Crippen LogP contribution in [0, 0.1) is 0 Å². The summed E-state index contributed by atoms with van der Waals surface area (Å²) in [6.45, 7) is 6.36. The van der Waals surface area contributed by atoms with Crippen LogP contribution in [0.4, 0.5) is 0 Å². The molecule has 0 aliphatic heterocycles. The molecule has 0 radical (unpaired) electrons. The molecular weight excluding hydrogens is 719 g/mol. The molecule has 0 fully saturated rings. The van der Waals surface area contributed by atoms with Gasteiger partial charge in [0.05, 0.1) is 25.2 Å². The van der Waals surface area contributed by atoms with E-state index in [2.05, 4.69) is 86.8 Å². The summed E-state index contributed by atoms with van der Waals surface area (Å²) in [4.78, 5) is 26.0. The van der Waals surface area contributed by atoms with Crippen molar-refractivity contribution >= 4 is 11.9 Å². The van der Waals surface area contributed by atoms with Crippen LogP contribution in [0.25, 0.3) is 0 Å². The van der Waals surface area contributed by atoms with Gasteiger partial charge in [-0.25, -0.2) is 0 Å². The molecule has 0 bridgehead atoms. The van der Waals surface area contributed by atoms with Gasteiger partial charge in [-0.15, -0.1) is 0 Å². The smallest absolute Gasteiger partial charge is 0.306 e. The summed E-state index contributed by atoms with van der Waals surface area (Å²) in [5.74, 6) is -0.532. The van der Waals surface area contributed by atoms with Gasteiger partial charge in [0.25, 0.3) is 0 Å². The number of hydrogen-bond donors (Lipinski definition) is 3. The summed E-state index contributed by atoms with van der Waals surface area (Å²) in [5.41, 5.74) is 0. The van der Waals surface area contributed by atoms with Crippen molar-refractivity contribution in [1.29, 1.82) is 0 Å². The number of aliphatic hydroxyl groups excluding tert-OH is 2. The third-order valence-corrected chi connectivity index (χ3v) is 10.8. The first-order valence-corrected chi connectivity index (χ1v) is 24.5. The number of amides is 1. The van der Waals surface area contributed by atoms with Crippen molar-refractivity contribution in [2.24, 2.45) is 0 Å². The average Bonchev–Trinajstić information content (AvgIpc) is 3.22. The SMILES string of the molecule is CCC/C=C\CCCCCC(CC(=O)NC(CO)C(O)CCCCCCCCCCCCCC)OC(=O)CCCCC/C=C\C/C=C\C/C=C\C/C=C\CCCCC. The van der Waals surface area contributed by atoms with Crippen LogP contribution in [-0.4, -0.2) is 46.9 Å². The predicted molar refractivity (Wildman–Crippen MR) is 250 cm³/mol. The fourth-order valence-electron chi connectivity index (χ4n) is 7.06. The molecule has 0 saturated heterocycles. The van der Waals surface area contributed by atoms with E-state index >= 15 is 0 Å². The second-order valence-corrected chi connectivity index (χ2v) is 16.5. The number of allylic oxidation sites excluding steroid dienone is 10. The predicted octanol–water partition coefficient (Wildman–Crippen LogP) is 14.5. The van der Waals surface area contributed by atoms with Crippen molar-refractivity contribution in [3.05, 3.63) is 60.8 Å². The minimum absolute atomic E-state index is 0.0516. The second-order valence-electron chi connectivity index (χ2n) is 16.5.